The minimum atomic E-state index is 0.856. The van der Waals surface area contributed by atoms with E-state index in [4.69, 9.17) is 0 Å². The zero-order chi connectivity index (χ0) is 49.6. The van der Waals surface area contributed by atoms with E-state index >= 15 is 0 Å². The van der Waals surface area contributed by atoms with Crippen LogP contribution in [0.4, 0.5) is 0 Å². The van der Waals surface area contributed by atoms with Crippen LogP contribution in [0.5, 0.6) is 0 Å². The molecule has 0 aliphatic rings. The van der Waals surface area contributed by atoms with E-state index in [1.807, 2.05) is 90.1 Å². The monoisotopic (exact) mass is 910 g/mol. The Morgan fingerprint density at radius 1 is 0.443 bits per heavy atom. The van der Waals surface area contributed by atoms with Crippen molar-refractivity contribution in [1.82, 2.24) is 0 Å². The number of aryl methyl sites for hydroxylation is 3. The largest absolute Gasteiger partial charge is 0.257 e. The van der Waals surface area contributed by atoms with E-state index in [9.17, 15) is 0 Å². The fourth-order valence-corrected chi connectivity index (χ4v) is 9.35. The molecule has 70 heavy (non-hydrogen) atoms. The van der Waals surface area contributed by atoms with Gasteiger partial charge in [0.2, 0.25) is 0 Å². The zero-order valence-corrected chi connectivity index (χ0v) is 42.6. The quantitative estimate of drug-likeness (QED) is 0.112. The van der Waals surface area contributed by atoms with Gasteiger partial charge in [0, 0.05) is 16.5 Å². The van der Waals surface area contributed by atoms with Gasteiger partial charge in [-0.25, -0.2) is 0 Å². The third-order valence-electron chi connectivity index (χ3n) is 12.9. The van der Waals surface area contributed by atoms with Crippen molar-refractivity contribution in [2.75, 3.05) is 0 Å². The summed E-state index contributed by atoms with van der Waals surface area (Å²) in [6.07, 6.45) is 4.86. The number of hydrogen-bond donors (Lipinski definition) is 0. The van der Waals surface area contributed by atoms with Crippen LogP contribution in [0.15, 0.2) is 223 Å². The molecule has 0 saturated carbocycles. The van der Waals surface area contributed by atoms with Crippen molar-refractivity contribution in [3.63, 3.8) is 0 Å². The van der Waals surface area contributed by atoms with Crippen LogP contribution in [0.25, 0.3) is 78.0 Å². The first kappa shape index (κ1) is 50.0. The van der Waals surface area contributed by atoms with Crippen LogP contribution in [-0.4, -0.2) is 5.71 Å². The average Bonchev–Trinajstić information content (AvgIpc) is 3.40. The lowest BCUT2D eigenvalue weighted by Gasteiger charge is -2.22. The Kier molecular flexibility index (Phi) is 17.1. The highest BCUT2D eigenvalue weighted by Crippen LogP contribution is 2.45. The smallest absolute Gasteiger partial charge is 0.0779 e. The molecule has 0 unspecified atom stereocenters. The lowest BCUT2D eigenvalue weighted by atomic mass is 9.82. The van der Waals surface area contributed by atoms with Gasteiger partial charge in [0.05, 0.1) is 5.70 Å². The highest BCUT2D eigenvalue weighted by atomic mass is 14.7. The van der Waals surface area contributed by atoms with Gasteiger partial charge in [0.1, 0.15) is 0 Å². The molecule has 0 atom stereocenters. The van der Waals surface area contributed by atoms with Gasteiger partial charge in [0.25, 0.3) is 0 Å². The van der Waals surface area contributed by atoms with E-state index in [1.165, 1.54) is 93.5 Å². The van der Waals surface area contributed by atoms with E-state index in [1.54, 1.807) is 0 Å². The first-order chi connectivity index (χ1) is 34.2. The Morgan fingerprint density at radius 2 is 0.914 bits per heavy atom. The first-order valence-corrected chi connectivity index (χ1v) is 24.8. The zero-order valence-electron chi connectivity index (χ0n) is 42.6. The molecule has 0 heterocycles. The van der Waals surface area contributed by atoms with Crippen molar-refractivity contribution >= 4 is 50.3 Å². The van der Waals surface area contributed by atoms with E-state index in [2.05, 4.69) is 202 Å². The van der Waals surface area contributed by atoms with Crippen molar-refractivity contribution < 1.29 is 0 Å². The molecule has 0 N–H and O–H groups in total. The Bertz CT molecular complexity index is 3560. The molecule has 0 saturated heterocycles. The minimum Gasteiger partial charge on any atom is -0.257 e. The third kappa shape index (κ3) is 11.2. The molecule has 0 aromatic heterocycles. The maximum atomic E-state index is 4.67. The standard InChI is InChI=1S/C46H36.C17H17N.C4H8.C2H6/c1-30-15-4-7-20-35(30)42-28-45(39-24-11-10-22-37(39)32(42)3)46-29-44(36-21-8-5-16-31(36)2)43(40-25-12-13-26-41(40)46)27-34-19-14-18-33-17-6-9-23-38(33)34;1-13(2)18-17(15-10-5-4-6-11-15)16-12-8-7-9-14(16)3;1-3-4-2;1-2/h4-26,28-29H,27H2,1-3H3;4-12H,3H2,1-2H3;3-4H,1-2H3;1-2H3/b;17-16-;4-3-;. The van der Waals surface area contributed by atoms with Crippen molar-refractivity contribution in [2.24, 2.45) is 4.99 Å². The van der Waals surface area contributed by atoms with Crippen LogP contribution in [0.1, 0.15) is 74.9 Å². The highest BCUT2D eigenvalue weighted by molar-refractivity contribution is 6.11. The summed E-state index contributed by atoms with van der Waals surface area (Å²) in [5.74, 6) is 0. The predicted molar refractivity (Wildman–Crippen MR) is 310 cm³/mol. The van der Waals surface area contributed by atoms with Gasteiger partial charge in [-0.3, -0.25) is 4.99 Å². The van der Waals surface area contributed by atoms with Gasteiger partial charge >= 0.3 is 0 Å². The number of benzene rings is 10. The van der Waals surface area contributed by atoms with Crippen molar-refractivity contribution in [3.05, 3.63) is 262 Å². The summed E-state index contributed by atoms with van der Waals surface area (Å²) in [6.45, 7) is 22.8. The molecule has 1 heteroatoms. The van der Waals surface area contributed by atoms with Crippen molar-refractivity contribution in [2.45, 2.75) is 68.7 Å². The van der Waals surface area contributed by atoms with E-state index < -0.39 is 0 Å². The Labute approximate surface area is 417 Å². The van der Waals surface area contributed by atoms with Gasteiger partial charge in [0.15, 0.2) is 0 Å². The van der Waals surface area contributed by atoms with Crippen molar-refractivity contribution in [1.29, 1.82) is 0 Å². The number of nitrogens with zero attached hydrogens (tertiary/aromatic N) is 1. The summed E-state index contributed by atoms with van der Waals surface area (Å²) in [6, 6.07) is 74.4. The van der Waals surface area contributed by atoms with Crippen LogP contribution >= 0.6 is 0 Å². The van der Waals surface area contributed by atoms with E-state index in [0.717, 1.165) is 33.8 Å². The highest BCUT2D eigenvalue weighted by Gasteiger charge is 2.20. The normalized spacial score (nSPS) is 11.2. The number of rotatable bonds is 7. The van der Waals surface area contributed by atoms with Crippen LogP contribution in [0, 0.1) is 20.8 Å². The van der Waals surface area contributed by atoms with Gasteiger partial charge in [-0.15, -0.1) is 0 Å². The summed E-state index contributed by atoms with van der Waals surface area (Å²) in [5.41, 5.74) is 17.5. The summed E-state index contributed by atoms with van der Waals surface area (Å²) in [5, 5.41) is 9.90. The molecule has 0 spiro atoms. The molecular weight excluding hydrogens is 843 g/mol. The molecule has 0 aliphatic carbocycles. The van der Waals surface area contributed by atoms with Crippen molar-refractivity contribution in [3.8, 4) is 33.4 Å². The Balaban J connectivity index is 0.000000250. The second kappa shape index (κ2) is 23.9. The first-order valence-electron chi connectivity index (χ1n) is 24.8. The van der Waals surface area contributed by atoms with Gasteiger partial charge < -0.3 is 0 Å². The molecule has 1 nitrogen and oxygen atoms in total. The molecule has 10 aromatic rings. The lowest BCUT2D eigenvalue weighted by molar-refractivity contribution is 1.23. The second-order valence-electron chi connectivity index (χ2n) is 17.7. The fourth-order valence-electron chi connectivity index (χ4n) is 9.35. The number of fused-ring (bicyclic) bond motifs is 3. The summed E-state index contributed by atoms with van der Waals surface area (Å²) in [4.78, 5) is 4.67. The van der Waals surface area contributed by atoms with Crippen LogP contribution < -0.4 is 10.4 Å². The predicted octanol–water partition coefficient (Wildman–Crippen LogP) is 18.0. The minimum absolute atomic E-state index is 0.856. The molecule has 0 aliphatic heterocycles. The Hall–Kier alpha value is -7.87. The van der Waals surface area contributed by atoms with Gasteiger partial charge in [-0.2, -0.15) is 0 Å². The lowest BCUT2D eigenvalue weighted by Crippen LogP contribution is -2.25. The number of aliphatic imine (C=N–C) groups is 1. The summed E-state index contributed by atoms with van der Waals surface area (Å²) < 4.78 is 0. The molecule has 10 aromatic carbocycles. The number of allylic oxidation sites excluding steroid dienone is 2. The van der Waals surface area contributed by atoms with Gasteiger partial charge in [-0.05, 0) is 166 Å². The molecular formula is C69H67N. The maximum absolute atomic E-state index is 4.67. The molecule has 0 bridgehead atoms. The third-order valence-corrected chi connectivity index (χ3v) is 12.9. The second-order valence-corrected chi connectivity index (χ2v) is 17.7. The summed E-state index contributed by atoms with van der Waals surface area (Å²) in [7, 11) is 0. The molecule has 10 rings (SSSR count). The molecule has 0 radical (unpaired) electrons. The van der Waals surface area contributed by atoms with E-state index in [0.29, 0.717) is 0 Å². The number of hydrogen-bond acceptors (Lipinski definition) is 1. The van der Waals surface area contributed by atoms with Gasteiger partial charge in [-0.1, -0.05) is 227 Å². The van der Waals surface area contributed by atoms with Crippen LogP contribution in [-0.2, 0) is 6.42 Å². The van der Waals surface area contributed by atoms with E-state index in [-0.39, 0.29) is 0 Å². The SMILES string of the molecule is C/C=C\C.C=c1cccc/c1=C(/N=C(C)C)c1ccccc1.CC.Cc1ccccc1-c1cc(-c2cc(-c3ccccc3C)c(Cc3cccc4ccccc34)c3ccccc23)c2ccccc2c1C. The average molecular weight is 910 g/mol. The fraction of sp³-hybridized carbons (Fsp3) is 0.145. The Morgan fingerprint density at radius 3 is 1.51 bits per heavy atom. The summed E-state index contributed by atoms with van der Waals surface area (Å²) >= 11 is 0. The molecule has 348 valence electrons. The molecule has 0 fully saturated rings. The molecule has 0 amide bonds. The topological polar surface area (TPSA) is 12.4 Å². The maximum Gasteiger partial charge on any atom is 0.0779 e. The van der Waals surface area contributed by atoms with Crippen LogP contribution in [0.2, 0.25) is 0 Å². The van der Waals surface area contributed by atoms with Crippen LogP contribution in [0.3, 0.4) is 0 Å².